The number of guanidine groups is 1. The lowest BCUT2D eigenvalue weighted by atomic mass is 10.1. The third kappa shape index (κ3) is 7.12. The molecule has 2 atom stereocenters. The van der Waals surface area contributed by atoms with Crippen LogP contribution in [0, 0.1) is 26.9 Å². The summed E-state index contributed by atoms with van der Waals surface area (Å²) >= 11 is 0. The van der Waals surface area contributed by atoms with Crippen molar-refractivity contribution in [2.75, 3.05) is 13.1 Å². The van der Waals surface area contributed by atoms with Crippen molar-refractivity contribution in [2.24, 2.45) is 5.73 Å². The van der Waals surface area contributed by atoms with Crippen molar-refractivity contribution in [1.29, 1.82) is 10.7 Å². The van der Waals surface area contributed by atoms with E-state index < -0.39 is 11.1 Å². The Hall–Kier alpha value is -2.12. The molecule has 0 unspecified atom stereocenters. The molecule has 0 aromatic heterocycles. The number of hydrazine groups is 1. The number of halogens is 1. The van der Waals surface area contributed by atoms with Crippen LogP contribution in [-0.4, -0.2) is 47.0 Å². The standard InChI is InChI=1S/C12H21N7O3.ClH/c13-8-9-4-3-7-18(9)11(20)10(14)5-1-2-6-16-12(15)17-19(21)22;/h9-10H,1-7,14H2,(H3,15,16,17);1H/t9-,10-;/m0./s1. The van der Waals surface area contributed by atoms with E-state index in [0.29, 0.717) is 38.8 Å². The van der Waals surface area contributed by atoms with E-state index >= 15 is 0 Å². The number of amides is 1. The number of hydrogen-bond acceptors (Lipinski definition) is 6. The minimum Gasteiger partial charge on any atom is -0.352 e. The van der Waals surface area contributed by atoms with Crippen LogP contribution in [0.3, 0.4) is 0 Å². The van der Waals surface area contributed by atoms with Gasteiger partial charge < -0.3 is 16.0 Å². The quantitative estimate of drug-likeness (QED) is 0.162. The highest BCUT2D eigenvalue weighted by atomic mass is 35.5. The van der Waals surface area contributed by atoms with Gasteiger partial charge in [-0.1, -0.05) is 5.43 Å². The van der Waals surface area contributed by atoms with Gasteiger partial charge in [0.1, 0.15) is 6.04 Å². The molecule has 1 aliphatic rings. The van der Waals surface area contributed by atoms with Crippen molar-refractivity contribution >= 4 is 24.3 Å². The number of nitrogens with zero attached hydrogens (tertiary/aromatic N) is 3. The Morgan fingerprint density at radius 3 is 2.87 bits per heavy atom. The summed E-state index contributed by atoms with van der Waals surface area (Å²) in [6, 6.07) is 1.11. The van der Waals surface area contributed by atoms with Gasteiger partial charge in [0, 0.05) is 13.1 Å². The minimum atomic E-state index is -0.814. The number of rotatable bonds is 7. The van der Waals surface area contributed by atoms with Crippen LogP contribution < -0.4 is 16.5 Å². The third-order valence-corrected chi connectivity index (χ3v) is 3.45. The molecular formula is C12H22ClN7O3. The molecule has 5 N–H and O–H groups in total. The summed E-state index contributed by atoms with van der Waals surface area (Å²) in [5.41, 5.74) is 7.54. The van der Waals surface area contributed by atoms with Crippen LogP contribution in [0.1, 0.15) is 32.1 Å². The van der Waals surface area contributed by atoms with Gasteiger partial charge in [0.25, 0.3) is 5.96 Å². The summed E-state index contributed by atoms with van der Waals surface area (Å²) in [6.45, 7) is 0.959. The van der Waals surface area contributed by atoms with Crippen molar-refractivity contribution in [3.63, 3.8) is 0 Å². The first-order valence-electron chi connectivity index (χ1n) is 7.15. The number of nitrogens with two attached hydrogens (primary N) is 1. The van der Waals surface area contributed by atoms with Crippen LogP contribution in [0.2, 0.25) is 0 Å². The Labute approximate surface area is 140 Å². The molecule has 1 fully saturated rings. The fourth-order valence-electron chi connectivity index (χ4n) is 2.33. The average Bonchev–Trinajstić information content (AvgIpc) is 2.93. The second-order valence-electron chi connectivity index (χ2n) is 5.09. The van der Waals surface area contributed by atoms with Crippen LogP contribution in [-0.2, 0) is 4.79 Å². The first-order chi connectivity index (χ1) is 10.5. The molecule has 0 aliphatic carbocycles. The summed E-state index contributed by atoms with van der Waals surface area (Å²) in [4.78, 5) is 23.7. The Morgan fingerprint density at radius 1 is 1.57 bits per heavy atom. The average molecular weight is 348 g/mol. The highest BCUT2D eigenvalue weighted by Gasteiger charge is 2.31. The summed E-state index contributed by atoms with van der Waals surface area (Å²) in [6.07, 6.45) is 3.28. The molecule has 1 aliphatic heterocycles. The number of carbonyl (C=O) groups is 1. The van der Waals surface area contributed by atoms with Gasteiger partial charge in [-0.25, -0.2) is 10.1 Å². The summed E-state index contributed by atoms with van der Waals surface area (Å²) in [5.74, 6) is -0.570. The smallest absolute Gasteiger partial charge is 0.251 e. The maximum atomic E-state index is 12.1. The van der Waals surface area contributed by atoms with Gasteiger partial charge in [0.15, 0.2) is 5.03 Å². The van der Waals surface area contributed by atoms with Crippen LogP contribution >= 0.6 is 12.4 Å². The van der Waals surface area contributed by atoms with E-state index in [0.717, 1.165) is 6.42 Å². The normalized spacial score (nSPS) is 17.6. The third-order valence-electron chi connectivity index (χ3n) is 3.45. The van der Waals surface area contributed by atoms with E-state index in [-0.39, 0.29) is 30.3 Å². The molecule has 1 rings (SSSR count). The Morgan fingerprint density at radius 2 is 2.26 bits per heavy atom. The molecule has 0 aromatic rings. The molecule has 1 amide bonds. The van der Waals surface area contributed by atoms with Crippen LogP contribution in [0.5, 0.6) is 0 Å². The van der Waals surface area contributed by atoms with Gasteiger partial charge in [0.05, 0.1) is 12.1 Å². The monoisotopic (exact) mass is 347 g/mol. The molecule has 1 saturated heterocycles. The molecule has 1 heterocycles. The minimum absolute atomic E-state index is 0. The van der Waals surface area contributed by atoms with E-state index in [1.54, 1.807) is 10.3 Å². The van der Waals surface area contributed by atoms with Crippen molar-refractivity contribution < 1.29 is 9.83 Å². The Balaban J connectivity index is 0.00000484. The zero-order valence-electron chi connectivity index (χ0n) is 12.7. The molecular weight excluding hydrogens is 326 g/mol. The van der Waals surface area contributed by atoms with Crippen molar-refractivity contribution in [1.82, 2.24) is 15.6 Å². The van der Waals surface area contributed by atoms with E-state index in [1.165, 1.54) is 0 Å². The lowest BCUT2D eigenvalue weighted by molar-refractivity contribution is -0.525. The van der Waals surface area contributed by atoms with E-state index in [9.17, 15) is 14.9 Å². The van der Waals surface area contributed by atoms with E-state index in [1.807, 2.05) is 0 Å². The molecule has 0 aromatic carbocycles. The van der Waals surface area contributed by atoms with Crippen molar-refractivity contribution in [3.05, 3.63) is 10.1 Å². The molecule has 0 spiro atoms. The second-order valence-corrected chi connectivity index (χ2v) is 5.09. The molecule has 10 nitrogen and oxygen atoms in total. The van der Waals surface area contributed by atoms with Gasteiger partial charge in [0.2, 0.25) is 5.91 Å². The van der Waals surface area contributed by atoms with Crippen LogP contribution in [0.4, 0.5) is 0 Å². The van der Waals surface area contributed by atoms with Crippen LogP contribution in [0.15, 0.2) is 0 Å². The zero-order valence-corrected chi connectivity index (χ0v) is 13.5. The summed E-state index contributed by atoms with van der Waals surface area (Å²) in [5, 5.41) is 27.9. The largest absolute Gasteiger partial charge is 0.352 e. The number of unbranched alkanes of at least 4 members (excludes halogenated alkanes) is 1. The molecule has 11 heteroatoms. The number of hydrogen-bond donors (Lipinski definition) is 4. The van der Waals surface area contributed by atoms with Gasteiger partial charge >= 0.3 is 0 Å². The summed E-state index contributed by atoms with van der Waals surface area (Å²) < 4.78 is 0. The maximum Gasteiger partial charge on any atom is 0.251 e. The van der Waals surface area contributed by atoms with Crippen molar-refractivity contribution in [2.45, 2.75) is 44.2 Å². The lowest BCUT2D eigenvalue weighted by Crippen LogP contribution is -2.45. The first kappa shape index (κ1) is 20.9. The topological polar surface area (TPSA) is 161 Å². The Bertz CT molecular complexity index is 468. The fourth-order valence-corrected chi connectivity index (χ4v) is 2.33. The van der Waals surface area contributed by atoms with Gasteiger partial charge in [-0.3, -0.25) is 10.2 Å². The van der Waals surface area contributed by atoms with E-state index in [4.69, 9.17) is 16.4 Å². The highest BCUT2D eigenvalue weighted by Crippen LogP contribution is 2.18. The van der Waals surface area contributed by atoms with Gasteiger partial charge in [-0.05, 0) is 32.1 Å². The molecule has 0 radical (unpaired) electrons. The molecule has 130 valence electrons. The van der Waals surface area contributed by atoms with Crippen LogP contribution in [0.25, 0.3) is 0 Å². The van der Waals surface area contributed by atoms with Gasteiger partial charge in [-0.2, -0.15) is 5.26 Å². The highest BCUT2D eigenvalue weighted by molar-refractivity contribution is 5.85. The Kier molecular flexibility index (Phi) is 9.60. The molecule has 23 heavy (non-hydrogen) atoms. The van der Waals surface area contributed by atoms with Crippen molar-refractivity contribution in [3.8, 4) is 6.07 Å². The summed E-state index contributed by atoms with van der Waals surface area (Å²) in [7, 11) is 0. The molecule has 0 saturated carbocycles. The molecule has 0 bridgehead atoms. The lowest BCUT2D eigenvalue weighted by Gasteiger charge is -2.23. The first-order valence-corrected chi connectivity index (χ1v) is 7.15. The zero-order chi connectivity index (χ0) is 16.5. The predicted octanol–water partition coefficient (Wildman–Crippen LogP) is -0.274. The number of nitro groups is 1. The SMILES string of the molecule is Cl.N#C[C@@H]1CCCN1C(=O)[C@@H](N)CCCCNC(=N)N[N+](=O)[O-]. The maximum absolute atomic E-state index is 12.1. The second kappa shape index (κ2) is 10.6. The number of nitrogens with one attached hydrogen (secondary N) is 3. The predicted molar refractivity (Wildman–Crippen MR) is 85.3 cm³/mol. The fraction of sp³-hybridized carbons (Fsp3) is 0.750. The number of likely N-dealkylation sites (tertiary alicyclic amines) is 1. The van der Waals surface area contributed by atoms with Gasteiger partial charge in [-0.15, -0.1) is 12.4 Å². The number of nitriles is 1. The number of carbonyl (C=O) groups excluding carboxylic acids is 1. The van der Waals surface area contributed by atoms with E-state index in [2.05, 4.69) is 11.4 Å².